The molecule has 1 aromatic carbocycles. The van der Waals surface area contributed by atoms with Crippen LogP contribution in [0.3, 0.4) is 0 Å². The largest absolute Gasteiger partial charge is 0.300 e. The molecule has 0 atom stereocenters. The molecule has 4 nitrogen and oxygen atoms in total. The molecule has 0 aliphatic carbocycles. The Morgan fingerprint density at radius 3 is 2.74 bits per heavy atom. The van der Waals surface area contributed by atoms with Crippen molar-refractivity contribution in [3.63, 3.8) is 0 Å². The van der Waals surface area contributed by atoms with E-state index in [-0.39, 0.29) is 11.3 Å². The maximum atomic E-state index is 12.8. The minimum absolute atomic E-state index is 0.0327. The summed E-state index contributed by atoms with van der Waals surface area (Å²) in [4.78, 5) is 28.5. The molecule has 0 unspecified atom stereocenters. The van der Waals surface area contributed by atoms with Crippen LogP contribution in [-0.4, -0.2) is 21.1 Å². The predicted octanol–water partition coefficient (Wildman–Crippen LogP) is 3.90. The molecule has 0 radical (unpaired) electrons. The molecule has 0 aliphatic rings. The van der Waals surface area contributed by atoms with Crippen molar-refractivity contribution in [1.82, 2.24) is 9.55 Å². The van der Waals surface area contributed by atoms with E-state index >= 15 is 0 Å². The number of nitrogens with zero attached hydrogens (tertiary/aromatic N) is 2. The molecular formula is C18H24N2O2S. The Morgan fingerprint density at radius 1 is 1.30 bits per heavy atom. The van der Waals surface area contributed by atoms with E-state index < -0.39 is 0 Å². The molecule has 1 heterocycles. The van der Waals surface area contributed by atoms with Crippen molar-refractivity contribution < 1.29 is 4.79 Å². The Kier molecular flexibility index (Phi) is 6.39. The molecule has 0 N–H and O–H groups in total. The van der Waals surface area contributed by atoms with Crippen LogP contribution < -0.4 is 5.56 Å². The smallest absolute Gasteiger partial charge is 0.262 e. The average molecular weight is 332 g/mol. The summed E-state index contributed by atoms with van der Waals surface area (Å²) >= 11 is 1.57. The number of aromatic nitrogens is 2. The Balaban J connectivity index is 2.29. The number of thioether (sulfide) groups is 1. The van der Waals surface area contributed by atoms with Crippen molar-refractivity contribution >= 4 is 28.4 Å². The molecule has 1 aromatic heterocycles. The fraction of sp³-hybridized carbons (Fsp3) is 0.500. The van der Waals surface area contributed by atoms with E-state index in [9.17, 15) is 9.59 Å². The standard InChI is InChI=1S/C18H24N2O2S/c1-13(2)10-11-20-17(22)15-8-4-5-9-16(15)19-18(20)23-12-6-7-14(3)21/h4-5,8-9,13H,6-7,10-12H2,1-3H3. The van der Waals surface area contributed by atoms with Crippen molar-refractivity contribution in [2.24, 2.45) is 5.92 Å². The van der Waals surface area contributed by atoms with Gasteiger partial charge in [0.15, 0.2) is 5.16 Å². The van der Waals surface area contributed by atoms with E-state index in [0.29, 0.717) is 24.3 Å². The SMILES string of the molecule is CC(=O)CCCSc1nc2ccccc2c(=O)n1CCC(C)C. The minimum atomic E-state index is 0.0327. The quantitative estimate of drug-likeness (QED) is 0.418. The van der Waals surface area contributed by atoms with Crippen LogP contribution in [0.5, 0.6) is 0 Å². The molecule has 124 valence electrons. The van der Waals surface area contributed by atoms with Gasteiger partial charge in [0.05, 0.1) is 10.9 Å². The lowest BCUT2D eigenvalue weighted by atomic mass is 10.1. The lowest BCUT2D eigenvalue weighted by molar-refractivity contribution is -0.117. The van der Waals surface area contributed by atoms with Crippen LogP contribution in [0, 0.1) is 5.92 Å². The monoisotopic (exact) mass is 332 g/mol. The topological polar surface area (TPSA) is 52.0 Å². The fourth-order valence-electron chi connectivity index (χ4n) is 2.33. The third-order valence-corrected chi connectivity index (χ3v) is 4.72. The zero-order valence-corrected chi connectivity index (χ0v) is 14.9. The summed E-state index contributed by atoms with van der Waals surface area (Å²) in [5.41, 5.74) is 0.776. The molecule has 0 spiro atoms. The summed E-state index contributed by atoms with van der Waals surface area (Å²) in [6.45, 7) is 6.60. The highest BCUT2D eigenvalue weighted by Gasteiger charge is 2.11. The van der Waals surface area contributed by atoms with Gasteiger partial charge in [-0.2, -0.15) is 0 Å². The highest BCUT2D eigenvalue weighted by molar-refractivity contribution is 7.99. The van der Waals surface area contributed by atoms with Gasteiger partial charge in [-0.15, -0.1) is 0 Å². The number of benzene rings is 1. The number of hydrogen-bond donors (Lipinski definition) is 0. The van der Waals surface area contributed by atoms with Crippen molar-refractivity contribution in [3.8, 4) is 0 Å². The van der Waals surface area contributed by atoms with Crippen molar-refractivity contribution in [2.75, 3.05) is 5.75 Å². The molecular weight excluding hydrogens is 308 g/mol. The van der Waals surface area contributed by atoms with Gasteiger partial charge in [0.1, 0.15) is 5.78 Å². The van der Waals surface area contributed by atoms with Crippen LogP contribution in [0.4, 0.5) is 0 Å². The average Bonchev–Trinajstić information content (AvgIpc) is 2.50. The minimum Gasteiger partial charge on any atom is -0.300 e. The first-order valence-corrected chi connectivity index (χ1v) is 9.09. The molecule has 5 heteroatoms. The normalized spacial score (nSPS) is 11.3. The number of ketones is 1. The highest BCUT2D eigenvalue weighted by atomic mass is 32.2. The molecule has 0 saturated carbocycles. The lowest BCUT2D eigenvalue weighted by Crippen LogP contribution is -2.24. The zero-order valence-electron chi connectivity index (χ0n) is 14.0. The molecule has 0 bridgehead atoms. The molecule has 2 aromatic rings. The van der Waals surface area contributed by atoms with Gasteiger partial charge < -0.3 is 4.79 Å². The number of hydrogen-bond acceptors (Lipinski definition) is 4. The van der Waals surface area contributed by atoms with Crippen LogP contribution in [0.25, 0.3) is 10.9 Å². The second-order valence-corrected chi connectivity index (χ2v) is 7.27. The van der Waals surface area contributed by atoms with E-state index in [1.165, 1.54) is 0 Å². The second kappa shape index (κ2) is 8.29. The molecule has 0 saturated heterocycles. The van der Waals surface area contributed by atoms with Gasteiger partial charge in [-0.3, -0.25) is 9.36 Å². The lowest BCUT2D eigenvalue weighted by Gasteiger charge is -2.14. The van der Waals surface area contributed by atoms with E-state index in [2.05, 4.69) is 18.8 Å². The van der Waals surface area contributed by atoms with Crippen LogP contribution >= 0.6 is 11.8 Å². The predicted molar refractivity (Wildman–Crippen MR) is 96.1 cm³/mol. The number of carbonyl (C=O) groups is 1. The fourth-order valence-corrected chi connectivity index (χ4v) is 3.29. The maximum absolute atomic E-state index is 12.8. The van der Waals surface area contributed by atoms with Crippen LogP contribution in [0.2, 0.25) is 0 Å². The molecule has 0 amide bonds. The van der Waals surface area contributed by atoms with Gasteiger partial charge >= 0.3 is 0 Å². The number of fused-ring (bicyclic) bond motifs is 1. The molecule has 2 rings (SSSR count). The Labute approximate surface area is 141 Å². The van der Waals surface area contributed by atoms with Crippen LogP contribution in [0.1, 0.15) is 40.0 Å². The first-order valence-electron chi connectivity index (χ1n) is 8.11. The van der Waals surface area contributed by atoms with Gasteiger partial charge in [0.2, 0.25) is 0 Å². The van der Waals surface area contributed by atoms with Crippen LogP contribution in [-0.2, 0) is 11.3 Å². The van der Waals surface area contributed by atoms with Crippen LogP contribution in [0.15, 0.2) is 34.2 Å². The molecule has 23 heavy (non-hydrogen) atoms. The summed E-state index contributed by atoms with van der Waals surface area (Å²) in [5.74, 6) is 1.53. The first kappa shape index (κ1) is 17.7. The van der Waals surface area contributed by atoms with E-state index in [4.69, 9.17) is 0 Å². The first-order chi connectivity index (χ1) is 11.0. The number of carbonyl (C=O) groups excluding carboxylic acids is 1. The molecule has 0 aliphatic heterocycles. The van der Waals surface area contributed by atoms with Crippen molar-refractivity contribution in [2.45, 2.75) is 51.7 Å². The summed E-state index contributed by atoms with van der Waals surface area (Å²) in [5, 5.41) is 1.43. The molecule has 0 fully saturated rings. The van der Waals surface area contributed by atoms with Crippen molar-refractivity contribution in [1.29, 1.82) is 0 Å². The van der Waals surface area contributed by atoms with Crippen molar-refractivity contribution in [3.05, 3.63) is 34.6 Å². The van der Waals surface area contributed by atoms with Gasteiger partial charge in [0, 0.05) is 18.7 Å². The Morgan fingerprint density at radius 2 is 2.04 bits per heavy atom. The van der Waals surface area contributed by atoms with Gasteiger partial charge in [-0.1, -0.05) is 37.7 Å². The van der Waals surface area contributed by atoms with E-state index in [1.807, 2.05) is 24.3 Å². The Bertz CT molecular complexity index is 737. The Hall–Kier alpha value is -1.62. The van der Waals surface area contributed by atoms with Gasteiger partial charge in [0.25, 0.3) is 5.56 Å². The van der Waals surface area contributed by atoms with Gasteiger partial charge in [-0.05, 0) is 37.8 Å². The highest BCUT2D eigenvalue weighted by Crippen LogP contribution is 2.20. The van der Waals surface area contributed by atoms with E-state index in [1.54, 1.807) is 23.3 Å². The number of rotatable bonds is 8. The summed E-state index contributed by atoms with van der Waals surface area (Å²) < 4.78 is 1.79. The summed E-state index contributed by atoms with van der Waals surface area (Å²) in [6.07, 6.45) is 2.34. The third-order valence-electron chi connectivity index (χ3n) is 3.66. The summed E-state index contributed by atoms with van der Waals surface area (Å²) in [7, 11) is 0. The number of para-hydroxylation sites is 1. The summed E-state index contributed by atoms with van der Waals surface area (Å²) in [6, 6.07) is 7.49. The van der Waals surface area contributed by atoms with E-state index in [0.717, 1.165) is 29.3 Å². The zero-order chi connectivity index (χ0) is 16.8. The third kappa shape index (κ3) is 4.93. The maximum Gasteiger partial charge on any atom is 0.262 e. The van der Waals surface area contributed by atoms with Gasteiger partial charge in [-0.25, -0.2) is 4.98 Å². The second-order valence-electron chi connectivity index (χ2n) is 6.20. The number of Topliss-reactive ketones (excluding diaryl/α,β-unsaturated/α-hetero) is 1.